The van der Waals surface area contributed by atoms with Crippen LogP contribution in [0.3, 0.4) is 0 Å². The van der Waals surface area contributed by atoms with Crippen LogP contribution in [0.2, 0.25) is 0 Å². The smallest absolute Gasteiger partial charge is 0.226 e. The highest BCUT2D eigenvalue weighted by atomic mass is 16.5. The maximum atomic E-state index is 5.81. The van der Waals surface area contributed by atoms with E-state index in [1.165, 1.54) is 0 Å². The quantitative estimate of drug-likeness (QED) is 0.685. The normalized spacial score (nSPS) is 10.5. The molecule has 0 spiro atoms. The van der Waals surface area contributed by atoms with Crippen molar-refractivity contribution < 1.29 is 13.7 Å². The minimum atomic E-state index is 0.607. The van der Waals surface area contributed by atoms with E-state index < -0.39 is 0 Å². The molecule has 4 heteroatoms. The van der Waals surface area contributed by atoms with Gasteiger partial charge in [-0.3, -0.25) is 0 Å². The van der Waals surface area contributed by atoms with Gasteiger partial charge in [0.15, 0.2) is 18.2 Å². The molecule has 20 heavy (non-hydrogen) atoms. The van der Waals surface area contributed by atoms with Crippen molar-refractivity contribution in [1.82, 2.24) is 4.98 Å². The summed E-state index contributed by atoms with van der Waals surface area (Å²) in [7, 11) is 3.63. The fraction of sp³-hybridized carbons (Fsp3) is 0.125. The summed E-state index contributed by atoms with van der Waals surface area (Å²) in [5.41, 5.74) is 1.94. The number of oxazole rings is 1. The summed E-state index contributed by atoms with van der Waals surface area (Å²) in [4.78, 5) is 4.33. The van der Waals surface area contributed by atoms with Crippen LogP contribution in [0.15, 0.2) is 59.4 Å². The molecule has 100 valence electrons. The molecule has 0 aliphatic carbocycles. The van der Waals surface area contributed by atoms with Gasteiger partial charge < -0.3 is 9.15 Å². The molecule has 3 rings (SSSR count). The van der Waals surface area contributed by atoms with Crippen LogP contribution < -0.4 is 9.30 Å². The van der Waals surface area contributed by atoms with Crippen LogP contribution in [0, 0.1) is 0 Å². The van der Waals surface area contributed by atoms with E-state index in [-0.39, 0.29) is 0 Å². The van der Waals surface area contributed by atoms with Gasteiger partial charge in [-0.1, -0.05) is 0 Å². The Balaban J connectivity index is 1.91. The molecule has 1 aromatic carbocycles. The van der Waals surface area contributed by atoms with Gasteiger partial charge in [-0.2, -0.15) is 0 Å². The predicted molar refractivity (Wildman–Crippen MR) is 75.1 cm³/mol. The van der Waals surface area contributed by atoms with E-state index in [2.05, 4.69) is 4.98 Å². The highest BCUT2D eigenvalue weighted by molar-refractivity contribution is 5.60. The summed E-state index contributed by atoms with van der Waals surface area (Å²) in [5.74, 6) is 2.18. The van der Waals surface area contributed by atoms with Gasteiger partial charge in [0, 0.05) is 23.3 Å². The Morgan fingerprint density at radius 1 is 1.00 bits per heavy atom. The lowest BCUT2D eigenvalue weighted by Crippen LogP contribution is -2.25. The second-order valence-electron chi connectivity index (χ2n) is 4.51. The van der Waals surface area contributed by atoms with Gasteiger partial charge in [-0.15, -0.1) is 0 Å². The summed E-state index contributed by atoms with van der Waals surface area (Å²) in [6.07, 6.45) is 5.70. The largest absolute Gasteiger partial charge is 0.497 e. The van der Waals surface area contributed by atoms with Crippen molar-refractivity contribution in [3.8, 4) is 28.5 Å². The van der Waals surface area contributed by atoms with Gasteiger partial charge in [0.2, 0.25) is 5.89 Å². The van der Waals surface area contributed by atoms with Gasteiger partial charge in [0.05, 0.1) is 13.3 Å². The van der Waals surface area contributed by atoms with Crippen molar-refractivity contribution in [2.45, 2.75) is 0 Å². The first-order valence-electron chi connectivity index (χ1n) is 6.32. The molecule has 0 unspecified atom stereocenters. The molecule has 0 N–H and O–H groups in total. The van der Waals surface area contributed by atoms with Crippen LogP contribution in [0.25, 0.3) is 22.8 Å². The Kier molecular flexibility index (Phi) is 3.21. The predicted octanol–water partition coefficient (Wildman–Crippen LogP) is 2.84. The second kappa shape index (κ2) is 5.17. The van der Waals surface area contributed by atoms with E-state index in [0.717, 1.165) is 22.6 Å². The minimum absolute atomic E-state index is 0.607. The molecular weight excluding hydrogens is 252 g/mol. The summed E-state index contributed by atoms with van der Waals surface area (Å²) in [5, 5.41) is 0. The number of methoxy groups -OCH3 is 1. The number of pyridine rings is 1. The number of ether oxygens (including phenoxy) is 1. The highest BCUT2D eigenvalue weighted by Gasteiger charge is 2.09. The summed E-state index contributed by atoms with van der Waals surface area (Å²) < 4.78 is 12.9. The summed E-state index contributed by atoms with van der Waals surface area (Å²) in [6, 6.07) is 11.6. The zero-order valence-electron chi connectivity index (χ0n) is 11.4. The van der Waals surface area contributed by atoms with Crippen molar-refractivity contribution in [3.63, 3.8) is 0 Å². The zero-order valence-corrected chi connectivity index (χ0v) is 11.4. The first-order chi connectivity index (χ1) is 9.76. The van der Waals surface area contributed by atoms with Crippen molar-refractivity contribution in [2.75, 3.05) is 7.11 Å². The molecule has 0 bridgehead atoms. The van der Waals surface area contributed by atoms with Crippen molar-refractivity contribution in [3.05, 3.63) is 55.0 Å². The molecule has 0 atom stereocenters. The number of aromatic nitrogens is 2. The van der Waals surface area contributed by atoms with Gasteiger partial charge in [-0.25, -0.2) is 9.55 Å². The molecular formula is C16H15N2O2+. The summed E-state index contributed by atoms with van der Waals surface area (Å²) >= 11 is 0. The third-order valence-electron chi connectivity index (χ3n) is 3.11. The van der Waals surface area contributed by atoms with E-state index in [4.69, 9.17) is 9.15 Å². The van der Waals surface area contributed by atoms with Crippen LogP contribution in [0.1, 0.15) is 0 Å². The van der Waals surface area contributed by atoms with Gasteiger partial charge >= 0.3 is 0 Å². The van der Waals surface area contributed by atoms with E-state index >= 15 is 0 Å². The summed E-state index contributed by atoms with van der Waals surface area (Å²) in [6.45, 7) is 0. The van der Waals surface area contributed by atoms with Crippen molar-refractivity contribution >= 4 is 0 Å². The van der Waals surface area contributed by atoms with E-state index in [9.17, 15) is 0 Å². The van der Waals surface area contributed by atoms with Crippen molar-refractivity contribution in [2.24, 2.45) is 7.05 Å². The van der Waals surface area contributed by atoms with Crippen molar-refractivity contribution in [1.29, 1.82) is 0 Å². The molecule has 0 aliphatic rings. The number of nitrogens with zero attached hydrogens (tertiary/aromatic N) is 2. The number of aryl methyl sites for hydroxylation is 1. The third-order valence-corrected chi connectivity index (χ3v) is 3.11. The van der Waals surface area contributed by atoms with Crippen LogP contribution in [0.5, 0.6) is 5.75 Å². The van der Waals surface area contributed by atoms with Crippen LogP contribution in [0.4, 0.5) is 0 Å². The van der Waals surface area contributed by atoms with Gasteiger partial charge in [0.1, 0.15) is 12.8 Å². The van der Waals surface area contributed by atoms with E-state index in [1.54, 1.807) is 13.3 Å². The zero-order chi connectivity index (χ0) is 13.9. The van der Waals surface area contributed by atoms with Crippen LogP contribution in [-0.2, 0) is 7.05 Å². The Hall–Kier alpha value is -2.62. The standard InChI is InChI=1S/C16H15N2O2/c1-18-9-7-12(8-10-18)15-11-17-16(20-15)13-3-5-14(19-2)6-4-13/h3-11H,1-2H3/q+1. The molecule has 3 aromatic rings. The number of rotatable bonds is 3. The maximum absolute atomic E-state index is 5.81. The maximum Gasteiger partial charge on any atom is 0.226 e. The Morgan fingerprint density at radius 3 is 2.35 bits per heavy atom. The van der Waals surface area contributed by atoms with Crippen LogP contribution >= 0.6 is 0 Å². The molecule has 2 heterocycles. The number of hydrogen-bond donors (Lipinski definition) is 0. The molecule has 0 saturated heterocycles. The Morgan fingerprint density at radius 2 is 1.70 bits per heavy atom. The molecule has 4 nitrogen and oxygen atoms in total. The van der Waals surface area contributed by atoms with E-state index in [1.807, 2.05) is 60.4 Å². The molecule has 0 amide bonds. The van der Waals surface area contributed by atoms with Crippen LogP contribution in [-0.4, -0.2) is 12.1 Å². The average molecular weight is 267 g/mol. The second-order valence-corrected chi connectivity index (χ2v) is 4.51. The average Bonchev–Trinajstić information content (AvgIpc) is 2.98. The lowest BCUT2D eigenvalue weighted by molar-refractivity contribution is -0.671. The topological polar surface area (TPSA) is 39.1 Å². The fourth-order valence-electron chi connectivity index (χ4n) is 1.94. The molecule has 0 radical (unpaired) electrons. The Bertz CT molecular complexity index is 700. The Labute approximate surface area is 117 Å². The molecule has 0 fully saturated rings. The van der Waals surface area contributed by atoms with Gasteiger partial charge in [-0.05, 0) is 24.3 Å². The number of benzene rings is 1. The number of hydrogen-bond acceptors (Lipinski definition) is 3. The lowest BCUT2D eigenvalue weighted by Gasteiger charge is -2.00. The molecule has 0 saturated carbocycles. The molecule has 2 aromatic heterocycles. The fourth-order valence-corrected chi connectivity index (χ4v) is 1.94. The highest BCUT2D eigenvalue weighted by Crippen LogP contribution is 2.26. The minimum Gasteiger partial charge on any atom is -0.497 e. The molecule has 0 aliphatic heterocycles. The lowest BCUT2D eigenvalue weighted by atomic mass is 10.2. The SMILES string of the molecule is COc1ccc(-c2ncc(-c3cc[n+](C)cc3)o2)cc1. The first kappa shape index (κ1) is 12.4. The van der Waals surface area contributed by atoms with E-state index in [0.29, 0.717) is 5.89 Å². The first-order valence-corrected chi connectivity index (χ1v) is 6.32. The van der Waals surface area contributed by atoms with Gasteiger partial charge in [0.25, 0.3) is 0 Å². The third kappa shape index (κ3) is 2.40. The monoisotopic (exact) mass is 267 g/mol.